The molecular formula is C6H11N3O2. The number of nitrogens with two attached hydrogens (primary N) is 1. The Hall–Kier alpha value is -1.26. The van der Waals surface area contributed by atoms with Gasteiger partial charge in [-0.25, -0.2) is 4.79 Å². The first-order valence-electron chi connectivity index (χ1n) is 3.51. The van der Waals surface area contributed by atoms with Gasteiger partial charge in [-0.05, 0) is 0 Å². The van der Waals surface area contributed by atoms with Crippen molar-refractivity contribution in [3.63, 3.8) is 0 Å². The molecule has 1 saturated heterocycles. The van der Waals surface area contributed by atoms with Crippen molar-refractivity contribution in [2.75, 3.05) is 19.6 Å². The van der Waals surface area contributed by atoms with Crippen molar-refractivity contribution in [3.8, 4) is 0 Å². The Morgan fingerprint density at radius 1 is 1.73 bits per heavy atom. The lowest BCUT2D eigenvalue weighted by atomic mass is 10.4. The van der Waals surface area contributed by atoms with Crippen LogP contribution in [-0.2, 0) is 4.79 Å². The maximum atomic E-state index is 10.8. The van der Waals surface area contributed by atoms with Crippen LogP contribution in [0.3, 0.4) is 0 Å². The van der Waals surface area contributed by atoms with E-state index in [9.17, 15) is 9.59 Å². The van der Waals surface area contributed by atoms with E-state index in [4.69, 9.17) is 5.73 Å². The number of rotatable bonds is 3. The third kappa shape index (κ3) is 2.10. The molecule has 0 bridgehead atoms. The Balaban J connectivity index is 2.26. The van der Waals surface area contributed by atoms with Crippen molar-refractivity contribution in [1.29, 1.82) is 0 Å². The lowest BCUT2D eigenvalue weighted by Gasteiger charge is -2.11. The van der Waals surface area contributed by atoms with Crippen LogP contribution in [-0.4, -0.2) is 36.5 Å². The number of nitrogens with one attached hydrogen (secondary N) is 1. The van der Waals surface area contributed by atoms with Crippen LogP contribution in [0.1, 0.15) is 6.42 Å². The third-order valence-corrected chi connectivity index (χ3v) is 1.57. The lowest BCUT2D eigenvalue weighted by molar-refractivity contribution is -0.118. The van der Waals surface area contributed by atoms with Gasteiger partial charge in [-0.3, -0.25) is 4.79 Å². The molecule has 1 aliphatic rings. The molecule has 0 spiro atoms. The minimum atomic E-state index is -0.371. The Labute approximate surface area is 64.5 Å². The molecule has 5 nitrogen and oxygen atoms in total. The number of urea groups is 1. The fraction of sp³-hybridized carbons (Fsp3) is 0.667. The number of carbonyl (C=O) groups is 2. The largest absolute Gasteiger partial charge is 0.370 e. The highest BCUT2D eigenvalue weighted by Crippen LogP contribution is 1.96. The first kappa shape index (κ1) is 7.84. The summed E-state index contributed by atoms with van der Waals surface area (Å²) in [5, 5.41) is 2.63. The van der Waals surface area contributed by atoms with Crippen LogP contribution in [0.15, 0.2) is 0 Å². The minimum Gasteiger partial charge on any atom is -0.370 e. The molecule has 0 atom stereocenters. The van der Waals surface area contributed by atoms with Gasteiger partial charge < -0.3 is 16.0 Å². The first-order chi connectivity index (χ1) is 5.20. The smallest absolute Gasteiger partial charge is 0.317 e. The molecule has 0 aromatic heterocycles. The zero-order valence-electron chi connectivity index (χ0n) is 6.17. The molecular weight excluding hydrogens is 146 g/mol. The van der Waals surface area contributed by atoms with Gasteiger partial charge in [0.05, 0.1) is 0 Å². The molecule has 5 heteroatoms. The van der Waals surface area contributed by atoms with Gasteiger partial charge in [-0.2, -0.15) is 0 Å². The maximum Gasteiger partial charge on any atom is 0.317 e. The Morgan fingerprint density at radius 2 is 2.45 bits per heavy atom. The highest BCUT2D eigenvalue weighted by Gasteiger charge is 2.18. The van der Waals surface area contributed by atoms with E-state index in [0.29, 0.717) is 19.6 Å². The standard InChI is InChI=1S/C6H11N3O2/c7-5(10)1-3-9-4-2-8-6(9)11/h1-4H2,(H2,7,10)(H,8,11). The van der Waals surface area contributed by atoms with E-state index in [0.717, 1.165) is 0 Å². The van der Waals surface area contributed by atoms with E-state index in [1.54, 1.807) is 4.90 Å². The molecule has 0 aromatic carbocycles. The molecule has 0 radical (unpaired) electrons. The fourth-order valence-electron chi connectivity index (χ4n) is 0.970. The van der Waals surface area contributed by atoms with Crippen molar-refractivity contribution in [2.45, 2.75) is 6.42 Å². The Kier molecular flexibility index (Phi) is 2.30. The normalized spacial score (nSPS) is 16.7. The molecule has 62 valence electrons. The van der Waals surface area contributed by atoms with E-state index >= 15 is 0 Å². The van der Waals surface area contributed by atoms with Gasteiger partial charge in [0.2, 0.25) is 5.91 Å². The van der Waals surface area contributed by atoms with Crippen LogP contribution < -0.4 is 11.1 Å². The van der Waals surface area contributed by atoms with E-state index in [1.807, 2.05) is 0 Å². The molecule has 0 unspecified atom stereocenters. The number of primary amides is 1. The zero-order valence-corrected chi connectivity index (χ0v) is 6.17. The van der Waals surface area contributed by atoms with Crippen molar-refractivity contribution < 1.29 is 9.59 Å². The molecule has 3 N–H and O–H groups in total. The molecule has 3 amide bonds. The van der Waals surface area contributed by atoms with Crippen molar-refractivity contribution in [1.82, 2.24) is 10.2 Å². The third-order valence-electron chi connectivity index (χ3n) is 1.57. The van der Waals surface area contributed by atoms with E-state index in [1.165, 1.54) is 0 Å². The summed E-state index contributed by atoms with van der Waals surface area (Å²) in [6, 6.07) is -0.105. The fourth-order valence-corrected chi connectivity index (χ4v) is 0.970. The van der Waals surface area contributed by atoms with Gasteiger partial charge in [0, 0.05) is 26.1 Å². The number of amides is 3. The summed E-state index contributed by atoms with van der Waals surface area (Å²) in [4.78, 5) is 22.8. The van der Waals surface area contributed by atoms with Crippen molar-refractivity contribution in [2.24, 2.45) is 5.73 Å². The van der Waals surface area contributed by atoms with E-state index in [-0.39, 0.29) is 18.4 Å². The van der Waals surface area contributed by atoms with Gasteiger partial charge in [-0.1, -0.05) is 0 Å². The van der Waals surface area contributed by atoms with Gasteiger partial charge >= 0.3 is 6.03 Å². The summed E-state index contributed by atoms with van der Waals surface area (Å²) in [6.45, 7) is 1.77. The average molecular weight is 157 g/mol. The molecule has 1 fully saturated rings. The summed E-state index contributed by atoms with van der Waals surface area (Å²) in [6.07, 6.45) is 0.243. The summed E-state index contributed by atoms with van der Waals surface area (Å²) in [5.41, 5.74) is 4.92. The predicted molar refractivity (Wildman–Crippen MR) is 38.8 cm³/mol. The lowest BCUT2D eigenvalue weighted by Crippen LogP contribution is -2.31. The quantitative estimate of drug-likeness (QED) is 0.545. The molecule has 1 heterocycles. The van der Waals surface area contributed by atoms with Crippen molar-refractivity contribution >= 4 is 11.9 Å². The number of hydrogen-bond acceptors (Lipinski definition) is 2. The van der Waals surface area contributed by atoms with Crippen LogP contribution >= 0.6 is 0 Å². The van der Waals surface area contributed by atoms with Gasteiger partial charge in [0.15, 0.2) is 0 Å². The van der Waals surface area contributed by atoms with Gasteiger partial charge in [-0.15, -0.1) is 0 Å². The topological polar surface area (TPSA) is 75.4 Å². The minimum absolute atomic E-state index is 0.105. The van der Waals surface area contributed by atoms with Gasteiger partial charge in [0.25, 0.3) is 0 Å². The monoisotopic (exact) mass is 157 g/mol. The van der Waals surface area contributed by atoms with Gasteiger partial charge in [0.1, 0.15) is 0 Å². The van der Waals surface area contributed by atoms with Crippen LogP contribution in [0.4, 0.5) is 4.79 Å². The number of hydrogen-bond donors (Lipinski definition) is 2. The highest BCUT2D eigenvalue weighted by atomic mass is 16.2. The molecule has 11 heavy (non-hydrogen) atoms. The van der Waals surface area contributed by atoms with E-state index in [2.05, 4.69) is 5.32 Å². The predicted octanol–water partition coefficient (Wildman–Crippen LogP) is -1.11. The van der Waals surface area contributed by atoms with Crippen LogP contribution in [0.25, 0.3) is 0 Å². The highest BCUT2D eigenvalue weighted by molar-refractivity contribution is 5.78. The molecule has 0 aliphatic carbocycles. The molecule has 0 aromatic rings. The first-order valence-corrected chi connectivity index (χ1v) is 3.51. The summed E-state index contributed by atoms with van der Waals surface area (Å²) < 4.78 is 0. The second-order valence-corrected chi connectivity index (χ2v) is 2.44. The second kappa shape index (κ2) is 3.23. The van der Waals surface area contributed by atoms with Crippen LogP contribution in [0.2, 0.25) is 0 Å². The Bertz CT molecular complexity index is 181. The SMILES string of the molecule is NC(=O)CCN1CCNC1=O. The number of nitrogens with zero attached hydrogens (tertiary/aromatic N) is 1. The van der Waals surface area contributed by atoms with E-state index < -0.39 is 0 Å². The van der Waals surface area contributed by atoms with Crippen LogP contribution in [0.5, 0.6) is 0 Å². The maximum absolute atomic E-state index is 10.8. The zero-order chi connectivity index (χ0) is 8.27. The molecule has 0 saturated carbocycles. The average Bonchev–Trinajstić information content (AvgIpc) is 2.31. The summed E-state index contributed by atoms with van der Waals surface area (Å²) in [7, 11) is 0. The number of carbonyl (C=O) groups excluding carboxylic acids is 2. The van der Waals surface area contributed by atoms with Crippen molar-refractivity contribution in [3.05, 3.63) is 0 Å². The summed E-state index contributed by atoms with van der Waals surface area (Å²) in [5.74, 6) is -0.371. The molecule has 1 aliphatic heterocycles. The second-order valence-electron chi connectivity index (χ2n) is 2.44. The summed E-state index contributed by atoms with van der Waals surface area (Å²) >= 11 is 0. The Morgan fingerprint density at radius 3 is 2.91 bits per heavy atom. The molecule has 1 rings (SSSR count). The van der Waals surface area contributed by atoms with Crippen LogP contribution in [0, 0.1) is 0 Å².